The Morgan fingerprint density at radius 3 is 2.50 bits per heavy atom. The molecular weight excluding hydrogens is 260 g/mol. The first kappa shape index (κ1) is 16.2. The summed E-state index contributed by atoms with van der Waals surface area (Å²) in [5.74, 6) is 0.296. The van der Waals surface area contributed by atoms with E-state index in [9.17, 15) is 9.59 Å². The molecule has 0 aliphatic carbocycles. The van der Waals surface area contributed by atoms with E-state index in [4.69, 9.17) is 9.26 Å². The molecule has 0 N–H and O–H groups in total. The lowest BCUT2D eigenvalue weighted by Crippen LogP contribution is -2.36. The van der Waals surface area contributed by atoms with E-state index in [1.165, 1.54) is 4.90 Å². The number of hydrogen-bond acceptors (Lipinski definition) is 5. The van der Waals surface area contributed by atoms with E-state index in [0.717, 1.165) is 17.0 Å². The molecule has 0 saturated heterocycles. The highest BCUT2D eigenvalue weighted by molar-refractivity contribution is 5.82. The SMILES string of the molecule is CCOC(=O)CN(CC)C(=O)CCc1c(C)noc1C. The molecule has 1 heterocycles. The molecule has 112 valence electrons. The molecule has 0 aliphatic rings. The van der Waals surface area contributed by atoms with Crippen molar-refractivity contribution in [3.63, 3.8) is 0 Å². The van der Waals surface area contributed by atoms with Crippen LogP contribution in [0.25, 0.3) is 0 Å². The van der Waals surface area contributed by atoms with Gasteiger partial charge in [0.1, 0.15) is 12.3 Å². The highest BCUT2D eigenvalue weighted by atomic mass is 16.5. The van der Waals surface area contributed by atoms with Crippen molar-refractivity contribution in [1.29, 1.82) is 0 Å². The fourth-order valence-corrected chi connectivity index (χ4v) is 1.99. The second kappa shape index (κ2) is 7.67. The smallest absolute Gasteiger partial charge is 0.325 e. The normalized spacial score (nSPS) is 10.4. The van der Waals surface area contributed by atoms with Crippen molar-refractivity contribution in [1.82, 2.24) is 10.1 Å². The average Bonchev–Trinajstić information content (AvgIpc) is 2.73. The second-order valence-corrected chi connectivity index (χ2v) is 4.52. The highest BCUT2D eigenvalue weighted by Crippen LogP contribution is 2.14. The Labute approximate surface area is 119 Å². The van der Waals surface area contributed by atoms with Crippen LogP contribution in [0.1, 0.15) is 37.3 Å². The molecule has 0 bridgehead atoms. The molecule has 0 spiro atoms. The highest BCUT2D eigenvalue weighted by Gasteiger charge is 2.18. The van der Waals surface area contributed by atoms with Gasteiger partial charge in [-0.3, -0.25) is 9.59 Å². The van der Waals surface area contributed by atoms with Crippen molar-refractivity contribution in [2.75, 3.05) is 19.7 Å². The number of ether oxygens (including phenoxy) is 1. The Morgan fingerprint density at radius 2 is 2.00 bits per heavy atom. The lowest BCUT2D eigenvalue weighted by Gasteiger charge is -2.19. The first-order valence-corrected chi connectivity index (χ1v) is 6.84. The van der Waals surface area contributed by atoms with Crippen LogP contribution in [-0.2, 0) is 20.7 Å². The quantitative estimate of drug-likeness (QED) is 0.711. The number of carbonyl (C=O) groups excluding carboxylic acids is 2. The summed E-state index contributed by atoms with van der Waals surface area (Å²) in [6.07, 6.45) is 0.898. The van der Waals surface area contributed by atoms with Crippen LogP contribution in [0.15, 0.2) is 4.52 Å². The molecular formula is C14H22N2O4. The van der Waals surface area contributed by atoms with Gasteiger partial charge in [0.2, 0.25) is 5.91 Å². The average molecular weight is 282 g/mol. The maximum Gasteiger partial charge on any atom is 0.325 e. The zero-order chi connectivity index (χ0) is 15.1. The first-order valence-electron chi connectivity index (χ1n) is 6.84. The molecule has 0 aromatic carbocycles. The van der Waals surface area contributed by atoms with Crippen LogP contribution in [0.2, 0.25) is 0 Å². The van der Waals surface area contributed by atoms with E-state index >= 15 is 0 Å². The number of nitrogens with zero attached hydrogens (tertiary/aromatic N) is 2. The van der Waals surface area contributed by atoms with Gasteiger partial charge in [0.25, 0.3) is 0 Å². The van der Waals surface area contributed by atoms with E-state index in [2.05, 4.69) is 5.16 Å². The number of esters is 1. The molecule has 1 rings (SSSR count). The van der Waals surface area contributed by atoms with Gasteiger partial charge in [0.05, 0.1) is 12.3 Å². The monoisotopic (exact) mass is 282 g/mol. The Bertz CT molecular complexity index is 448. The first-order chi connectivity index (χ1) is 9.49. The minimum Gasteiger partial charge on any atom is -0.465 e. The lowest BCUT2D eigenvalue weighted by atomic mass is 10.1. The summed E-state index contributed by atoms with van der Waals surface area (Å²) in [6, 6.07) is 0. The van der Waals surface area contributed by atoms with Crippen LogP contribution in [0.3, 0.4) is 0 Å². The van der Waals surface area contributed by atoms with Gasteiger partial charge in [-0.05, 0) is 34.1 Å². The predicted molar refractivity (Wildman–Crippen MR) is 73.2 cm³/mol. The summed E-state index contributed by atoms with van der Waals surface area (Å²) in [4.78, 5) is 25.0. The summed E-state index contributed by atoms with van der Waals surface area (Å²) >= 11 is 0. The number of rotatable bonds is 7. The van der Waals surface area contributed by atoms with Gasteiger partial charge in [-0.25, -0.2) is 0 Å². The van der Waals surface area contributed by atoms with Crippen molar-refractivity contribution in [2.24, 2.45) is 0 Å². The van der Waals surface area contributed by atoms with E-state index in [1.54, 1.807) is 6.92 Å². The van der Waals surface area contributed by atoms with Crippen molar-refractivity contribution < 1.29 is 18.8 Å². The summed E-state index contributed by atoms with van der Waals surface area (Å²) in [7, 11) is 0. The number of likely N-dealkylation sites (N-methyl/N-ethyl adjacent to an activating group) is 1. The van der Waals surface area contributed by atoms with Gasteiger partial charge in [-0.15, -0.1) is 0 Å². The van der Waals surface area contributed by atoms with Crippen molar-refractivity contribution >= 4 is 11.9 Å². The Kier molecular flexibility index (Phi) is 6.21. The van der Waals surface area contributed by atoms with Crippen LogP contribution < -0.4 is 0 Å². The van der Waals surface area contributed by atoms with Gasteiger partial charge in [0.15, 0.2) is 0 Å². The standard InChI is InChI=1S/C14H22N2O4/c1-5-16(9-14(18)19-6-2)13(17)8-7-12-10(3)15-20-11(12)4/h5-9H2,1-4H3. The molecule has 20 heavy (non-hydrogen) atoms. The minimum atomic E-state index is -0.375. The van der Waals surface area contributed by atoms with E-state index < -0.39 is 0 Å². The maximum atomic E-state index is 12.1. The summed E-state index contributed by atoms with van der Waals surface area (Å²) in [6.45, 7) is 8.08. The molecule has 0 atom stereocenters. The topological polar surface area (TPSA) is 72.6 Å². The van der Waals surface area contributed by atoms with Gasteiger partial charge in [-0.2, -0.15) is 0 Å². The van der Waals surface area contributed by atoms with Crippen molar-refractivity contribution in [2.45, 2.75) is 40.5 Å². The molecule has 0 radical (unpaired) electrons. The van der Waals surface area contributed by atoms with Crippen LogP contribution in [0, 0.1) is 13.8 Å². The fraction of sp³-hybridized carbons (Fsp3) is 0.643. The Balaban J connectivity index is 2.53. The maximum absolute atomic E-state index is 12.1. The third-order valence-electron chi connectivity index (χ3n) is 3.13. The van der Waals surface area contributed by atoms with Gasteiger partial charge < -0.3 is 14.2 Å². The largest absolute Gasteiger partial charge is 0.465 e. The number of aryl methyl sites for hydroxylation is 2. The fourth-order valence-electron chi connectivity index (χ4n) is 1.99. The van der Waals surface area contributed by atoms with Crippen molar-refractivity contribution in [3.8, 4) is 0 Å². The molecule has 1 amide bonds. The minimum absolute atomic E-state index is 0.00474. The molecule has 0 fully saturated rings. The van der Waals surface area contributed by atoms with Crippen LogP contribution >= 0.6 is 0 Å². The van der Waals surface area contributed by atoms with Gasteiger partial charge in [0, 0.05) is 18.5 Å². The van der Waals surface area contributed by atoms with Crippen LogP contribution in [0.4, 0.5) is 0 Å². The number of amides is 1. The second-order valence-electron chi connectivity index (χ2n) is 4.52. The molecule has 6 nitrogen and oxygen atoms in total. The molecule has 1 aromatic heterocycles. The third-order valence-corrected chi connectivity index (χ3v) is 3.13. The third kappa shape index (κ3) is 4.36. The zero-order valence-corrected chi connectivity index (χ0v) is 12.6. The predicted octanol–water partition coefficient (Wildman–Crippen LogP) is 1.64. The lowest BCUT2D eigenvalue weighted by molar-refractivity contribution is -0.148. The van der Waals surface area contributed by atoms with Crippen LogP contribution in [0.5, 0.6) is 0 Å². The van der Waals surface area contributed by atoms with Gasteiger partial charge >= 0.3 is 5.97 Å². The van der Waals surface area contributed by atoms with Gasteiger partial charge in [-0.1, -0.05) is 5.16 Å². The summed E-state index contributed by atoms with van der Waals surface area (Å²) < 4.78 is 9.92. The number of carbonyl (C=O) groups is 2. The molecule has 0 aliphatic heterocycles. The van der Waals surface area contributed by atoms with Crippen LogP contribution in [-0.4, -0.2) is 41.6 Å². The zero-order valence-electron chi connectivity index (χ0n) is 12.6. The molecule has 6 heteroatoms. The van der Waals surface area contributed by atoms with E-state index in [0.29, 0.717) is 26.0 Å². The molecule has 0 saturated carbocycles. The molecule has 1 aromatic rings. The summed E-state index contributed by atoms with van der Waals surface area (Å²) in [5, 5.41) is 3.86. The molecule has 0 unspecified atom stereocenters. The number of hydrogen-bond donors (Lipinski definition) is 0. The van der Waals surface area contributed by atoms with E-state index in [-0.39, 0.29) is 18.4 Å². The van der Waals surface area contributed by atoms with E-state index in [1.807, 2.05) is 20.8 Å². The Hall–Kier alpha value is -1.85. The summed E-state index contributed by atoms with van der Waals surface area (Å²) in [5.41, 5.74) is 1.77. The van der Waals surface area contributed by atoms with Crippen molar-refractivity contribution in [3.05, 3.63) is 17.0 Å². The number of aromatic nitrogens is 1. The Morgan fingerprint density at radius 1 is 1.30 bits per heavy atom.